The quantitative estimate of drug-likeness (QED) is 0.837. The van der Waals surface area contributed by atoms with Crippen LogP contribution in [0.15, 0.2) is 6.07 Å². The van der Waals surface area contributed by atoms with E-state index in [9.17, 15) is 0 Å². The van der Waals surface area contributed by atoms with Gasteiger partial charge in [0.05, 0.1) is 5.56 Å². The molecule has 0 aliphatic rings. The van der Waals surface area contributed by atoms with Crippen LogP contribution in [0.3, 0.4) is 0 Å². The van der Waals surface area contributed by atoms with Gasteiger partial charge in [-0.25, -0.2) is 4.98 Å². The lowest BCUT2D eigenvalue weighted by Gasteiger charge is -2.18. The third kappa shape index (κ3) is 3.71. The Labute approximate surface area is 110 Å². The standard InChI is InChI=1S/C14H22N4/c1-5-18(6-2)8-7-16-14-13(10-15)11(3)9-12(4)17-14/h9H,5-8H2,1-4H3,(H,16,17). The van der Waals surface area contributed by atoms with Gasteiger partial charge in [-0.3, -0.25) is 0 Å². The lowest BCUT2D eigenvalue weighted by atomic mass is 10.1. The number of likely N-dealkylation sites (N-methyl/N-ethyl adjacent to an activating group) is 1. The van der Waals surface area contributed by atoms with Gasteiger partial charge in [0, 0.05) is 18.8 Å². The lowest BCUT2D eigenvalue weighted by Crippen LogP contribution is -2.29. The Kier molecular flexibility index (Phi) is 5.60. The third-order valence-corrected chi connectivity index (χ3v) is 3.07. The van der Waals surface area contributed by atoms with E-state index in [0.29, 0.717) is 11.4 Å². The first-order chi connectivity index (χ1) is 8.62. The van der Waals surface area contributed by atoms with E-state index >= 15 is 0 Å². The maximum atomic E-state index is 9.15. The van der Waals surface area contributed by atoms with E-state index in [-0.39, 0.29) is 0 Å². The van der Waals surface area contributed by atoms with Crippen LogP contribution in [-0.4, -0.2) is 36.1 Å². The molecule has 1 N–H and O–H groups in total. The molecule has 0 unspecified atom stereocenters. The number of rotatable bonds is 6. The second-order valence-electron chi connectivity index (χ2n) is 4.37. The van der Waals surface area contributed by atoms with Crippen molar-refractivity contribution in [1.29, 1.82) is 5.26 Å². The van der Waals surface area contributed by atoms with Crippen LogP contribution in [0.25, 0.3) is 0 Å². The van der Waals surface area contributed by atoms with E-state index < -0.39 is 0 Å². The van der Waals surface area contributed by atoms with Gasteiger partial charge in [0.2, 0.25) is 0 Å². The van der Waals surface area contributed by atoms with E-state index in [1.54, 1.807) is 0 Å². The molecule has 1 aromatic heterocycles. The van der Waals surface area contributed by atoms with Crippen LogP contribution < -0.4 is 5.32 Å². The molecule has 4 nitrogen and oxygen atoms in total. The van der Waals surface area contributed by atoms with Crippen molar-refractivity contribution in [3.8, 4) is 6.07 Å². The molecule has 0 saturated carbocycles. The number of aromatic nitrogens is 1. The summed E-state index contributed by atoms with van der Waals surface area (Å²) in [7, 11) is 0. The summed E-state index contributed by atoms with van der Waals surface area (Å²) in [5.41, 5.74) is 2.58. The van der Waals surface area contributed by atoms with Gasteiger partial charge >= 0.3 is 0 Å². The minimum Gasteiger partial charge on any atom is -0.368 e. The fourth-order valence-electron chi connectivity index (χ4n) is 1.98. The van der Waals surface area contributed by atoms with Crippen LogP contribution in [0.5, 0.6) is 0 Å². The zero-order chi connectivity index (χ0) is 13.5. The smallest absolute Gasteiger partial charge is 0.144 e. The molecule has 1 aromatic rings. The largest absolute Gasteiger partial charge is 0.368 e. The van der Waals surface area contributed by atoms with Crippen molar-refractivity contribution < 1.29 is 0 Å². The number of nitrogens with zero attached hydrogens (tertiary/aromatic N) is 3. The third-order valence-electron chi connectivity index (χ3n) is 3.07. The number of hydrogen-bond acceptors (Lipinski definition) is 4. The van der Waals surface area contributed by atoms with Crippen LogP contribution in [0.4, 0.5) is 5.82 Å². The van der Waals surface area contributed by atoms with Gasteiger partial charge in [0.1, 0.15) is 11.9 Å². The predicted octanol–water partition coefficient (Wildman–Crippen LogP) is 2.32. The first kappa shape index (κ1) is 14.5. The highest BCUT2D eigenvalue weighted by Crippen LogP contribution is 2.17. The lowest BCUT2D eigenvalue weighted by molar-refractivity contribution is 0.316. The minimum atomic E-state index is 0.653. The molecule has 0 aliphatic heterocycles. The molecule has 0 amide bonds. The van der Waals surface area contributed by atoms with Crippen LogP contribution in [0.2, 0.25) is 0 Å². The average Bonchev–Trinajstić information content (AvgIpc) is 2.34. The van der Waals surface area contributed by atoms with Gasteiger partial charge in [-0.15, -0.1) is 0 Å². The summed E-state index contributed by atoms with van der Waals surface area (Å²) in [6, 6.07) is 4.16. The van der Waals surface area contributed by atoms with Crippen molar-refractivity contribution in [3.05, 3.63) is 22.9 Å². The molecule has 1 heterocycles. The van der Waals surface area contributed by atoms with Gasteiger partial charge in [0.15, 0.2) is 0 Å². The van der Waals surface area contributed by atoms with E-state index in [1.165, 1.54) is 0 Å². The molecule has 0 saturated heterocycles. The monoisotopic (exact) mass is 246 g/mol. The van der Waals surface area contributed by atoms with Crippen molar-refractivity contribution in [3.63, 3.8) is 0 Å². The second kappa shape index (κ2) is 6.97. The molecule has 0 atom stereocenters. The summed E-state index contributed by atoms with van der Waals surface area (Å²) in [5, 5.41) is 12.4. The van der Waals surface area contributed by atoms with Crippen molar-refractivity contribution >= 4 is 5.82 Å². The summed E-state index contributed by atoms with van der Waals surface area (Å²) in [4.78, 5) is 6.74. The maximum Gasteiger partial charge on any atom is 0.144 e. The Hall–Kier alpha value is -1.60. The molecule has 0 aromatic carbocycles. The zero-order valence-electron chi connectivity index (χ0n) is 11.7. The average molecular weight is 246 g/mol. The summed E-state index contributed by atoms with van der Waals surface area (Å²) in [6.45, 7) is 12.1. The molecule has 18 heavy (non-hydrogen) atoms. The minimum absolute atomic E-state index is 0.653. The number of aryl methyl sites for hydroxylation is 2. The highest BCUT2D eigenvalue weighted by Gasteiger charge is 2.08. The zero-order valence-corrected chi connectivity index (χ0v) is 11.7. The number of nitrogens with one attached hydrogen (secondary N) is 1. The predicted molar refractivity (Wildman–Crippen MR) is 74.7 cm³/mol. The molecule has 98 valence electrons. The van der Waals surface area contributed by atoms with Gasteiger partial charge in [-0.2, -0.15) is 5.26 Å². The fraction of sp³-hybridized carbons (Fsp3) is 0.571. The van der Waals surface area contributed by atoms with Crippen molar-refractivity contribution in [2.75, 3.05) is 31.5 Å². The Balaban J connectivity index is 2.70. The highest BCUT2D eigenvalue weighted by molar-refractivity contribution is 5.56. The van der Waals surface area contributed by atoms with E-state index in [2.05, 4.69) is 35.1 Å². The van der Waals surface area contributed by atoms with E-state index in [4.69, 9.17) is 5.26 Å². The van der Waals surface area contributed by atoms with Gasteiger partial charge in [0.25, 0.3) is 0 Å². The van der Waals surface area contributed by atoms with Crippen LogP contribution in [-0.2, 0) is 0 Å². The van der Waals surface area contributed by atoms with Crippen molar-refractivity contribution in [2.45, 2.75) is 27.7 Å². The molecule has 4 heteroatoms. The molecule has 0 bridgehead atoms. The van der Waals surface area contributed by atoms with Crippen LogP contribution in [0, 0.1) is 25.2 Å². The highest BCUT2D eigenvalue weighted by atomic mass is 15.1. The van der Waals surface area contributed by atoms with Gasteiger partial charge in [-0.1, -0.05) is 13.8 Å². The number of anilines is 1. The summed E-state index contributed by atoms with van der Waals surface area (Å²) in [5.74, 6) is 0.710. The van der Waals surface area contributed by atoms with E-state index in [1.807, 2.05) is 19.9 Å². The summed E-state index contributed by atoms with van der Waals surface area (Å²) in [6.07, 6.45) is 0. The Morgan fingerprint density at radius 1 is 1.33 bits per heavy atom. The number of pyridine rings is 1. The van der Waals surface area contributed by atoms with Crippen molar-refractivity contribution in [1.82, 2.24) is 9.88 Å². The second-order valence-corrected chi connectivity index (χ2v) is 4.37. The first-order valence-electron chi connectivity index (χ1n) is 6.46. The first-order valence-corrected chi connectivity index (χ1v) is 6.46. The number of nitriles is 1. The molecule has 0 radical (unpaired) electrons. The Morgan fingerprint density at radius 2 is 2.00 bits per heavy atom. The van der Waals surface area contributed by atoms with E-state index in [0.717, 1.165) is 37.4 Å². The maximum absolute atomic E-state index is 9.15. The number of hydrogen-bond donors (Lipinski definition) is 1. The van der Waals surface area contributed by atoms with Crippen LogP contribution >= 0.6 is 0 Å². The van der Waals surface area contributed by atoms with Gasteiger partial charge < -0.3 is 10.2 Å². The molecule has 0 spiro atoms. The normalized spacial score (nSPS) is 10.4. The molecular weight excluding hydrogens is 224 g/mol. The van der Waals surface area contributed by atoms with Crippen LogP contribution in [0.1, 0.15) is 30.7 Å². The molecule has 1 rings (SSSR count). The Bertz CT molecular complexity index is 430. The topological polar surface area (TPSA) is 52.0 Å². The summed E-state index contributed by atoms with van der Waals surface area (Å²) < 4.78 is 0. The SMILES string of the molecule is CCN(CC)CCNc1nc(C)cc(C)c1C#N. The van der Waals surface area contributed by atoms with Crippen molar-refractivity contribution in [2.24, 2.45) is 0 Å². The Morgan fingerprint density at radius 3 is 2.56 bits per heavy atom. The molecule has 0 fully saturated rings. The fourth-order valence-corrected chi connectivity index (χ4v) is 1.98. The molecular formula is C14H22N4. The van der Waals surface area contributed by atoms with Gasteiger partial charge in [-0.05, 0) is 38.6 Å². The summed E-state index contributed by atoms with van der Waals surface area (Å²) >= 11 is 0. The molecule has 0 aliphatic carbocycles.